The molecule has 0 bridgehead atoms. The summed E-state index contributed by atoms with van der Waals surface area (Å²) in [6, 6.07) is 7.21. The first-order chi connectivity index (χ1) is 11.4. The summed E-state index contributed by atoms with van der Waals surface area (Å²) in [5.74, 6) is 0.298. The van der Waals surface area contributed by atoms with E-state index in [0.29, 0.717) is 12.4 Å². The normalized spacial score (nSPS) is 10.8. The second-order valence-electron chi connectivity index (χ2n) is 5.50. The number of aryl methyl sites for hydroxylation is 2. The minimum absolute atomic E-state index is 0.300. The zero-order valence-electron chi connectivity index (χ0n) is 13.9. The lowest BCUT2D eigenvalue weighted by Gasteiger charge is -2.16. The van der Waals surface area contributed by atoms with Crippen LogP contribution >= 0.6 is 0 Å². The van der Waals surface area contributed by atoms with Gasteiger partial charge in [-0.05, 0) is 67.3 Å². The van der Waals surface area contributed by atoms with Gasteiger partial charge < -0.3 is 10.5 Å². The third-order valence-electron chi connectivity index (χ3n) is 3.76. The summed E-state index contributed by atoms with van der Waals surface area (Å²) in [5, 5.41) is 3.83. The number of benzene rings is 2. The Balaban J connectivity index is 2.24. The average Bonchev–Trinajstić information content (AvgIpc) is 2.51. The van der Waals surface area contributed by atoms with Crippen molar-refractivity contribution in [2.24, 2.45) is 10.8 Å². The Morgan fingerprint density at radius 2 is 1.92 bits per heavy atom. The summed E-state index contributed by atoms with van der Waals surface area (Å²) >= 11 is 0. The molecule has 2 rings (SSSR count). The fourth-order valence-corrected chi connectivity index (χ4v) is 2.51. The number of rotatable bonds is 5. The molecular formula is C18H20FN3O2. The number of carbonyl (C=O) groups is 1. The van der Waals surface area contributed by atoms with Gasteiger partial charge in [-0.1, -0.05) is 6.07 Å². The van der Waals surface area contributed by atoms with Crippen LogP contribution in [0.1, 0.15) is 27.8 Å². The van der Waals surface area contributed by atoms with Crippen LogP contribution in [0.4, 0.5) is 9.18 Å². The molecule has 0 aromatic heterocycles. The number of hydrogen-bond donors (Lipinski definition) is 2. The highest BCUT2D eigenvalue weighted by Gasteiger charge is 2.11. The van der Waals surface area contributed by atoms with Crippen molar-refractivity contribution in [2.75, 3.05) is 0 Å². The lowest BCUT2D eigenvalue weighted by molar-refractivity contribution is 0.249. The van der Waals surface area contributed by atoms with Gasteiger partial charge in [0.15, 0.2) is 0 Å². The van der Waals surface area contributed by atoms with Crippen molar-refractivity contribution in [3.05, 3.63) is 64.0 Å². The molecule has 2 aromatic rings. The van der Waals surface area contributed by atoms with Crippen LogP contribution in [0.15, 0.2) is 35.4 Å². The van der Waals surface area contributed by atoms with Crippen LogP contribution in [-0.4, -0.2) is 12.2 Å². The molecule has 24 heavy (non-hydrogen) atoms. The predicted molar refractivity (Wildman–Crippen MR) is 91.7 cm³/mol. The van der Waals surface area contributed by atoms with Crippen LogP contribution in [-0.2, 0) is 6.61 Å². The summed E-state index contributed by atoms with van der Waals surface area (Å²) in [6.07, 6.45) is 1.57. The van der Waals surface area contributed by atoms with Crippen LogP contribution in [0.25, 0.3) is 0 Å². The van der Waals surface area contributed by atoms with Crippen LogP contribution < -0.4 is 15.9 Å². The van der Waals surface area contributed by atoms with Crippen LogP contribution in [0.3, 0.4) is 0 Å². The Morgan fingerprint density at radius 1 is 1.25 bits per heavy atom. The average molecular weight is 329 g/mol. The lowest BCUT2D eigenvalue weighted by Crippen LogP contribution is -2.24. The van der Waals surface area contributed by atoms with Gasteiger partial charge in [0.25, 0.3) is 0 Å². The van der Waals surface area contributed by atoms with Crippen LogP contribution in [0.2, 0.25) is 0 Å². The van der Waals surface area contributed by atoms with Crippen molar-refractivity contribution >= 4 is 12.2 Å². The number of carbonyl (C=O) groups excluding carboxylic acids is 1. The molecule has 0 aliphatic carbocycles. The topological polar surface area (TPSA) is 76.7 Å². The largest absolute Gasteiger partial charge is 0.489 e. The first-order valence-electron chi connectivity index (χ1n) is 7.45. The van der Waals surface area contributed by atoms with Crippen LogP contribution in [0, 0.1) is 26.6 Å². The SMILES string of the molecule is Cc1cc(C)c(COc2ccc(F)cc2)c(C)c1/C=N\NC(N)=O. The number of hydrazone groups is 1. The molecule has 2 aromatic carbocycles. The summed E-state index contributed by atoms with van der Waals surface area (Å²) < 4.78 is 18.7. The Labute approximate surface area is 140 Å². The van der Waals surface area contributed by atoms with E-state index in [9.17, 15) is 9.18 Å². The maximum absolute atomic E-state index is 12.9. The van der Waals surface area contributed by atoms with Gasteiger partial charge in [0, 0.05) is 5.56 Å². The Bertz CT molecular complexity index is 771. The first kappa shape index (κ1) is 17.5. The van der Waals surface area contributed by atoms with Crippen molar-refractivity contribution in [1.29, 1.82) is 0 Å². The van der Waals surface area contributed by atoms with Gasteiger partial charge in [-0.2, -0.15) is 5.10 Å². The van der Waals surface area contributed by atoms with Crippen molar-refractivity contribution in [1.82, 2.24) is 5.43 Å². The highest BCUT2D eigenvalue weighted by molar-refractivity contribution is 5.85. The molecule has 0 radical (unpaired) electrons. The van der Waals surface area contributed by atoms with E-state index in [1.165, 1.54) is 12.1 Å². The van der Waals surface area contributed by atoms with Gasteiger partial charge in [-0.3, -0.25) is 0 Å². The molecule has 0 heterocycles. The molecule has 2 amide bonds. The maximum Gasteiger partial charge on any atom is 0.332 e. The summed E-state index contributed by atoms with van der Waals surface area (Å²) in [7, 11) is 0. The molecule has 0 aliphatic heterocycles. The fraction of sp³-hybridized carbons (Fsp3) is 0.222. The molecule has 0 unspecified atom stereocenters. The third kappa shape index (κ3) is 4.32. The molecular weight excluding hydrogens is 309 g/mol. The molecule has 0 atom stereocenters. The van der Waals surface area contributed by atoms with Gasteiger partial charge in [-0.15, -0.1) is 0 Å². The second kappa shape index (κ2) is 7.59. The molecule has 0 saturated heterocycles. The highest BCUT2D eigenvalue weighted by Crippen LogP contribution is 2.23. The van der Waals surface area contributed by atoms with Gasteiger partial charge >= 0.3 is 6.03 Å². The van der Waals surface area contributed by atoms with E-state index in [1.807, 2.05) is 26.8 Å². The summed E-state index contributed by atoms with van der Waals surface area (Å²) in [6.45, 7) is 6.30. The molecule has 3 N–H and O–H groups in total. The zero-order chi connectivity index (χ0) is 17.7. The molecule has 0 fully saturated rings. The zero-order valence-corrected chi connectivity index (χ0v) is 13.9. The number of halogens is 1. The Kier molecular flexibility index (Phi) is 5.52. The van der Waals surface area contributed by atoms with E-state index in [4.69, 9.17) is 10.5 Å². The number of amides is 2. The summed E-state index contributed by atoms with van der Waals surface area (Å²) in [5.41, 5.74) is 12.2. The maximum atomic E-state index is 12.9. The third-order valence-corrected chi connectivity index (χ3v) is 3.76. The standard InChI is InChI=1S/C18H20FN3O2/c1-11-8-12(2)17(10-24-15-6-4-14(19)5-7-15)13(3)16(11)9-21-22-18(20)23/h4-9H,10H2,1-3H3,(H3,20,22,23)/b21-9-. The number of nitrogens with zero attached hydrogens (tertiary/aromatic N) is 1. The lowest BCUT2D eigenvalue weighted by atomic mass is 9.94. The van der Waals surface area contributed by atoms with Gasteiger partial charge in [0.1, 0.15) is 18.2 Å². The van der Waals surface area contributed by atoms with Crippen molar-refractivity contribution in [3.8, 4) is 5.75 Å². The number of nitrogens with one attached hydrogen (secondary N) is 1. The quantitative estimate of drug-likeness (QED) is 0.652. The highest BCUT2D eigenvalue weighted by atomic mass is 19.1. The van der Waals surface area contributed by atoms with Gasteiger partial charge in [-0.25, -0.2) is 14.6 Å². The van der Waals surface area contributed by atoms with Crippen molar-refractivity contribution < 1.29 is 13.9 Å². The Morgan fingerprint density at radius 3 is 2.54 bits per heavy atom. The minimum Gasteiger partial charge on any atom is -0.489 e. The smallest absolute Gasteiger partial charge is 0.332 e. The predicted octanol–water partition coefficient (Wildman–Crippen LogP) is 3.33. The van der Waals surface area contributed by atoms with E-state index < -0.39 is 6.03 Å². The van der Waals surface area contributed by atoms with Crippen molar-refractivity contribution in [2.45, 2.75) is 27.4 Å². The van der Waals surface area contributed by atoms with E-state index >= 15 is 0 Å². The van der Waals surface area contributed by atoms with Gasteiger partial charge in [0.2, 0.25) is 0 Å². The summed E-state index contributed by atoms with van der Waals surface area (Å²) in [4.78, 5) is 10.7. The van der Waals surface area contributed by atoms with Crippen molar-refractivity contribution in [3.63, 3.8) is 0 Å². The number of urea groups is 1. The number of nitrogens with two attached hydrogens (primary N) is 1. The number of primary amides is 1. The Hall–Kier alpha value is -2.89. The number of ether oxygens (including phenoxy) is 1. The molecule has 0 spiro atoms. The second-order valence-corrected chi connectivity index (χ2v) is 5.50. The van der Waals surface area contributed by atoms with E-state index in [0.717, 1.165) is 27.8 Å². The van der Waals surface area contributed by atoms with E-state index in [-0.39, 0.29) is 5.82 Å². The van der Waals surface area contributed by atoms with E-state index in [1.54, 1.807) is 18.3 Å². The minimum atomic E-state index is -0.714. The molecule has 6 heteroatoms. The van der Waals surface area contributed by atoms with E-state index in [2.05, 4.69) is 10.5 Å². The molecule has 0 saturated carbocycles. The monoisotopic (exact) mass is 329 g/mol. The molecule has 5 nitrogen and oxygen atoms in total. The number of hydrogen-bond acceptors (Lipinski definition) is 3. The first-order valence-corrected chi connectivity index (χ1v) is 7.45. The molecule has 0 aliphatic rings. The van der Waals surface area contributed by atoms with Gasteiger partial charge in [0.05, 0.1) is 6.21 Å². The van der Waals surface area contributed by atoms with Crippen LogP contribution in [0.5, 0.6) is 5.75 Å². The fourth-order valence-electron chi connectivity index (χ4n) is 2.51. The molecule has 126 valence electrons.